The first-order valence-corrected chi connectivity index (χ1v) is 12.6. The van der Waals surface area contributed by atoms with E-state index < -0.39 is 5.95 Å². The number of ether oxygens (including phenoxy) is 1. The van der Waals surface area contributed by atoms with E-state index in [2.05, 4.69) is 39.6 Å². The number of benzene rings is 2. The average Bonchev–Trinajstić information content (AvgIpc) is 3.31. The van der Waals surface area contributed by atoms with Gasteiger partial charge in [-0.1, -0.05) is 49.4 Å². The minimum absolute atomic E-state index is 0.0472. The quantitative estimate of drug-likeness (QED) is 0.166. The number of fused-ring (bicyclic) bond motifs is 1. The summed E-state index contributed by atoms with van der Waals surface area (Å²) in [4.78, 5) is 17.6. The third-order valence-corrected chi connectivity index (χ3v) is 6.09. The molecule has 0 aliphatic heterocycles. The molecule has 0 radical (unpaired) electrons. The van der Waals surface area contributed by atoms with Crippen molar-refractivity contribution in [3.05, 3.63) is 102 Å². The van der Waals surface area contributed by atoms with E-state index in [4.69, 9.17) is 4.74 Å². The molecule has 2 N–H and O–H groups in total. The molecule has 38 heavy (non-hydrogen) atoms. The van der Waals surface area contributed by atoms with Gasteiger partial charge in [0.2, 0.25) is 17.7 Å². The predicted octanol–water partition coefficient (Wildman–Crippen LogP) is 5.08. The lowest BCUT2D eigenvalue weighted by atomic mass is 9.88. The van der Waals surface area contributed by atoms with E-state index in [0.29, 0.717) is 36.5 Å². The average molecular weight is 514 g/mol. The monoisotopic (exact) mass is 513 g/mol. The molecule has 4 aromatic rings. The van der Waals surface area contributed by atoms with E-state index in [0.717, 1.165) is 34.3 Å². The molecule has 4 rings (SSSR count). The Balaban J connectivity index is 1.53. The zero-order valence-corrected chi connectivity index (χ0v) is 21.9. The Kier molecular flexibility index (Phi) is 9.00. The van der Waals surface area contributed by atoms with Crippen LogP contribution in [0.15, 0.2) is 79.0 Å². The van der Waals surface area contributed by atoms with Gasteiger partial charge in [0, 0.05) is 51.1 Å². The summed E-state index contributed by atoms with van der Waals surface area (Å²) >= 11 is 0. The summed E-state index contributed by atoms with van der Waals surface area (Å²) in [6.45, 7) is 3.73. The van der Waals surface area contributed by atoms with Crippen molar-refractivity contribution in [2.75, 3.05) is 33.8 Å². The second-order valence-corrected chi connectivity index (χ2v) is 8.92. The third kappa shape index (κ3) is 6.52. The number of rotatable bonds is 11. The molecule has 0 aliphatic carbocycles. The van der Waals surface area contributed by atoms with Gasteiger partial charge in [0.05, 0.1) is 10.9 Å². The number of nitrogens with zero attached hydrogens (tertiary/aromatic N) is 3. The van der Waals surface area contributed by atoms with Crippen molar-refractivity contribution in [1.29, 1.82) is 0 Å². The lowest BCUT2D eigenvalue weighted by molar-refractivity contribution is -0.123. The van der Waals surface area contributed by atoms with Crippen LogP contribution in [0.25, 0.3) is 22.0 Å². The van der Waals surface area contributed by atoms with Crippen LogP contribution in [0.2, 0.25) is 0 Å². The fourth-order valence-electron chi connectivity index (χ4n) is 4.15. The molecule has 0 atom stereocenters. The van der Waals surface area contributed by atoms with Crippen LogP contribution >= 0.6 is 0 Å². The number of aromatic amines is 1. The highest BCUT2D eigenvalue weighted by atomic mass is 19.1. The topological polar surface area (TPSA) is 83.1 Å². The molecular formula is C30H32FN5O2. The Morgan fingerprint density at radius 3 is 2.58 bits per heavy atom. The van der Waals surface area contributed by atoms with E-state index in [1.807, 2.05) is 48.5 Å². The Morgan fingerprint density at radius 1 is 1.08 bits per heavy atom. The molecule has 0 unspecified atom stereocenters. The summed E-state index contributed by atoms with van der Waals surface area (Å²) in [7, 11) is 3.43. The molecule has 0 spiro atoms. The summed E-state index contributed by atoms with van der Waals surface area (Å²) in [5.74, 6) is 0.0191. The molecule has 2 aromatic carbocycles. The van der Waals surface area contributed by atoms with Gasteiger partial charge >= 0.3 is 0 Å². The molecule has 0 bridgehead atoms. The fourth-order valence-corrected chi connectivity index (χ4v) is 4.15. The first-order valence-electron chi connectivity index (χ1n) is 12.6. The van der Waals surface area contributed by atoms with Gasteiger partial charge in [-0.3, -0.25) is 9.89 Å². The highest BCUT2D eigenvalue weighted by Gasteiger charge is 2.16. The Hall–Kier alpha value is -4.30. The van der Waals surface area contributed by atoms with Crippen LogP contribution < -0.4 is 10.1 Å². The number of pyridine rings is 1. The number of allylic oxidation sites excluding steroid dienone is 1. The van der Waals surface area contributed by atoms with Gasteiger partial charge < -0.3 is 15.0 Å². The van der Waals surface area contributed by atoms with E-state index in [1.54, 1.807) is 26.4 Å². The lowest BCUT2D eigenvalue weighted by Gasteiger charge is -2.16. The van der Waals surface area contributed by atoms with Crippen molar-refractivity contribution in [3.63, 3.8) is 0 Å². The van der Waals surface area contributed by atoms with Crippen molar-refractivity contribution in [2.45, 2.75) is 13.3 Å². The molecule has 0 saturated carbocycles. The molecule has 0 aliphatic rings. The highest BCUT2D eigenvalue weighted by molar-refractivity contribution is 6.00. The summed E-state index contributed by atoms with van der Waals surface area (Å²) in [5.41, 5.74) is 5.61. The van der Waals surface area contributed by atoms with E-state index >= 15 is 0 Å². The number of carbonyl (C=O) groups excluding carboxylic acids is 1. The summed E-state index contributed by atoms with van der Waals surface area (Å²) in [6, 6.07) is 19.6. The van der Waals surface area contributed by atoms with Crippen LogP contribution in [0.4, 0.5) is 4.39 Å². The van der Waals surface area contributed by atoms with Gasteiger partial charge in [-0.25, -0.2) is 4.98 Å². The highest BCUT2D eigenvalue weighted by Crippen LogP contribution is 2.35. The van der Waals surface area contributed by atoms with E-state index in [9.17, 15) is 9.18 Å². The number of hydrogen-bond acceptors (Lipinski definition) is 5. The zero-order valence-electron chi connectivity index (χ0n) is 21.9. The van der Waals surface area contributed by atoms with Crippen LogP contribution in [0.1, 0.15) is 30.0 Å². The van der Waals surface area contributed by atoms with E-state index in [1.165, 1.54) is 11.0 Å². The summed E-state index contributed by atoms with van der Waals surface area (Å²) in [6.07, 6.45) is 5.90. The molecule has 2 aromatic heterocycles. The number of amides is 1. The standard InChI is InChI=1S/C30H32FN5O2/c1-4-24(21-9-6-5-7-10-21)29(22-12-14-26-25(19-22)30(31)35-34-26)23-13-15-27(33-20-23)38-18-17-32-16-8-11-28(37)36(2)3/h5-15,19-20,32H,4,16-18H2,1-3H3,(H,34,35)/b11-8+,29-24-. The van der Waals surface area contributed by atoms with Gasteiger partial charge in [-0.15, -0.1) is 0 Å². The number of halogens is 1. The van der Waals surface area contributed by atoms with Crippen molar-refractivity contribution in [1.82, 2.24) is 25.4 Å². The lowest BCUT2D eigenvalue weighted by Crippen LogP contribution is -2.22. The fraction of sp³-hybridized carbons (Fsp3) is 0.233. The first kappa shape index (κ1) is 26.8. The largest absolute Gasteiger partial charge is 0.476 e. The maximum Gasteiger partial charge on any atom is 0.245 e. The maximum absolute atomic E-state index is 14.3. The molecule has 0 fully saturated rings. The van der Waals surface area contributed by atoms with Crippen molar-refractivity contribution in [3.8, 4) is 5.88 Å². The second kappa shape index (κ2) is 12.8. The number of likely N-dealkylation sites (N-methyl/N-ethyl adjacent to an activating group) is 1. The number of nitrogens with one attached hydrogen (secondary N) is 2. The van der Waals surface area contributed by atoms with Crippen molar-refractivity contribution >= 4 is 28.0 Å². The molecular weight excluding hydrogens is 481 g/mol. The summed E-state index contributed by atoms with van der Waals surface area (Å²) in [5, 5.41) is 10.1. The number of H-pyrrole nitrogens is 1. The second-order valence-electron chi connectivity index (χ2n) is 8.92. The summed E-state index contributed by atoms with van der Waals surface area (Å²) < 4.78 is 20.1. The van der Waals surface area contributed by atoms with Crippen LogP contribution in [0, 0.1) is 5.95 Å². The Morgan fingerprint density at radius 2 is 1.87 bits per heavy atom. The molecule has 196 valence electrons. The van der Waals surface area contributed by atoms with Crippen molar-refractivity contribution in [2.24, 2.45) is 0 Å². The van der Waals surface area contributed by atoms with Crippen LogP contribution in [0.5, 0.6) is 5.88 Å². The number of aromatic nitrogens is 3. The molecule has 0 saturated heterocycles. The third-order valence-electron chi connectivity index (χ3n) is 6.09. The van der Waals surface area contributed by atoms with Gasteiger partial charge in [-0.05, 0) is 46.9 Å². The minimum atomic E-state index is -0.450. The Labute approximate surface area is 222 Å². The first-order chi connectivity index (χ1) is 18.5. The van der Waals surface area contributed by atoms with Gasteiger partial charge in [0.1, 0.15) is 6.61 Å². The Bertz CT molecular complexity index is 1430. The van der Waals surface area contributed by atoms with Gasteiger partial charge in [0.25, 0.3) is 0 Å². The smallest absolute Gasteiger partial charge is 0.245 e. The van der Waals surface area contributed by atoms with Crippen LogP contribution in [-0.4, -0.2) is 59.8 Å². The molecule has 2 heterocycles. The van der Waals surface area contributed by atoms with Crippen LogP contribution in [0.3, 0.4) is 0 Å². The zero-order chi connectivity index (χ0) is 26.9. The number of carbonyl (C=O) groups is 1. The molecule has 8 heteroatoms. The van der Waals surface area contributed by atoms with Crippen LogP contribution in [-0.2, 0) is 4.79 Å². The van der Waals surface area contributed by atoms with E-state index in [-0.39, 0.29) is 5.91 Å². The van der Waals surface area contributed by atoms with Crippen molar-refractivity contribution < 1.29 is 13.9 Å². The normalized spacial score (nSPS) is 12.1. The van der Waals surface area contributed by atoms with Gasteiger partial charge in [-0.2, -0.15) is 9.49 Å². The SMILES string of the molecule is CC/C(=C(/c1ccc(OCCNC/C=C/C(=O)N(C)C)nc1)c1ccc2n[nH]c(F)c2c1)c1ccccc1. The minimum Gasteiger partial charge on any atom is -0.476 e. The maximum atomic E-state index is 14.3. The number of hydrogen-bond donors (Lipinski definition) is 2. The molecule has 7 nitrogen and oxygen atoms in total. The van der Waals surface area contributed by atoms with Gasteiger partial charge in [0.15, 0.2) is 0 Å². The molecule has 1 amide bonds. The predicted molar refractivity (Wildman–Crippen MR) is 149 cm³/mol.